The lowest BCUT2D eigenvalue weighted by atomic mass is 9.76. The van der Waals surface area contributed by atoms with Crippen molar-refractivity contribution in [2.75, 3.05) is 7.11 Å². The van der Waals surface area contributed by atoms with Gasteiger partial charge in [-0.15, -0.1) is 0 Å². The van der Waals surface area contributed by atoms with Crippen LogP contribution in [0.1, 0.15) is 26.3 Å². The number of allylic oxidation sites excluding steroid dienone is 7. The second-order valence-corrected chi connectivity index (χ2v) is 6.77. The van der Waals surface area contributed by atoms with Crippen LogP contribution in [0.15, 0.2) is 96.2 Å². The third-order valence-electron chi connectivity index (χ3n) is 4.98. The van der Waals surface area contributed by atoms with E-state index >= 15 is 0 Å². The van der Waals surface area contributed by atoms with Crippen molar-refractivity contribution in [3.8, 4) is 5.75 Å². The Hall–Kier alpha value is -3.60. The Bertz CT molecular complexity index is 977. The summed E-state index contributed by atoms with van der Waals surface area (Å²) in [5.41, 5.74) is 3.25. The van der Waals surface area contributed by atoms with Gasteiger partial charge in [0.1, 0.15) is 11.3 Å². The molecule has 0 aliphatic carbocycles. The van der Waals surface area contributed by atoms with Crippen molar-refractivity contribution >= 4 is 12.1 Å². The molecule has 1 aromatic rings. The molecule has 30 heavy (non-hydrogen) atoms. The molecule has 1 saturated heterocycles. The molecule has 1 amide bonds. The molecule has 1 N–H and O–H groups in total. The molecule has 1 heterocycles. The molecule has 5 nitrogen and oxygen atoms in total. The maximum absolute atomic E-state index is 12.9. The second-order valence-electron chi connectivity index (χ2n) is 6.77. The van der Waals surface area contributed by atoms with Crippen LogP contribution >= 0.6 is 0 Å². The molecule has 2 rings (SSSR count). The molecule has 1 unspecified atom stereocenters. The topological polar surface area (TPSA) is 64.6 Å². The fraction of sp³-hybridized carbons (Fsp3) is 0.200. The lowest BCUT2D eigenvalue weighted by Crippen LogP contribution is -2.41. The largest absolute Gasteiger partial charge is 0.513 e. The van der Waals surface area contributed by atoms with Crippen molar-refractivity contribution in [1.29, 1.82) is 0 Å². The van der Waals surface area contributed by atoms with E-state index in [2.05, 4.69) is 23.2 Å². The molecule has 1 aromatic carbocycles. The third-order valence-corrected chi connectivity index (χ3v) is 4.98. The summed E-state index contributed by atoms with van der Waals surface area (Å²) in [5, 5.41) is 3.15. The Labute approximate surface area is 177 Å². The first-order valence-corrected chi connectivity index (χ1v) is 9.50. The Morgan fingerprint density at radius 3 is 2.33 bits per heavy atom. The molecule has 0 aromatic heterocycles. The van der Waals surface area contributed by atoms with Crippen molar-refractivity contribution in [3.63, 3.8) is 0 Å². The van der Waals surface area contributed by atoms with Gasteiger partial charge in [-0.1, -0.05) is 61.2 Å². The predicted molar refractivity (Wildman–Crippen MR) is 119 cm³/mol. The Kier molecular flexibility index (Phi) is 7.37. The predicted octanol–water partition coefficient (Wildman–Crippen LogP) is 5.29. The second kappa shape index (κ2) is 9.74. The summed E-state index contributed by atoms with van der Waals surface area (Å²) in [4.78, 5) is 24.2. The highest BCUT2D eigenvalue weighted by atomic mass is 16.7. The van der Waals surface area contributed by atoms with Crippen LogP contribution in [-0.2, 0) is 15.1 Å². The van der Waals surface area contributed by atoms with E-state index in [1.54, 1.807) is 30.4 Å². The van der Waals surface area contributed by atoms with Crippen LogP contribution in [0.3, 0.4) is 0 Å². The minimum atomic E-state index is -0.873. The standard InChI is InChI=1S/C25H27NO4/c1-7-10-21-22(9-3)25(26-23(21)27,18(5)12-11-17(4)8-2)19-13-15-20(16-14-19)30-24(28)29-6/h7-16H,1-2H2,3-6H3,(H,26,27)/b17-11-,18-12+,21-10+,22-9+. The summed E-state index contributed by atoms with van der Waals surface area (Å²) < 4.78 is 9.61. The van der Waals surface area contributed by atoms with E-state index < -0.39 is 11.7 Å². The van der Waals surface area contributed by atoms with Crippen LogP contribution in [0.4, 0.5) is 4.79 Å². The molecule has 5 heteroatoms. The number of carbonyl (C=O) groups is 2. The van der Waals surface area contributed by atoms with Crippen molar-refractivity contribution in [2.24, 2.45) is 0 Å². The van der Waals surface area contributed by atoms with Gasteiger partial charge in [0.2, 0.25) is 0 Å². The number of benzene rings is 1. The van der Waals surface area contributed by atoms with E-state index in [0.29, 0.717) is 11.3 Å². The molecular formula is C25H27NO4. The number of methoxy groups -OCH3 is 1. The molecule has 1 atom stereocenters. The Morgan fingerprint density at radius 2 is 1.80 bits per heavy atom. The van der Waals surface area contributed by atoms with Gasteiger partial charge in [0.15, 0.2) is 0 Å². The maximum Gasteiger partial charge on any atom is 0.513 e. The Balaban J connectivity index is 2.68. The Morgan fingerprint density at radius 1 is 1.13 bits per heavy atom. The van der Waals surface area contributed by atoms with E-state index in [0.717, 1.165) is 22.3 Å². The van der Waals surface area contributed by atoms with E-state index in [-0.39, 0.29) is 5.91 Å². The summed E-state index contributed by atoms with van der Waals surface area (Å²) in [6.45, 7) is 13.3. The smallest absolute Gasteiger partial charge is 0.437 e. The summed E-state index contributed by atoms with van der Waals surface area (Å²) in [7, 11) is 1.25. The third kappa shape index (κ3) is 4.35. The van der Waals surface area contributed by atoms with E-state index in [4.69, 9.17) is 4.74 Å². The zero-order valence-electron chi connectivity index (χ0n) is 17.8. The van der Waals surface area contributed by atoms with Crippen molar-refractivity contribution in [1.82, 2.24) is 5.32 Å². The molecule has 156 valence electrons. The average molecular weight is 405 g/mol. The fourth-order valence-corrected chi connectivity index (χ4v) is 3.41. The molecule has 0 spiro atoms. The molecule has 1 fully saturated rings. The van der Waals surface area contributed by atoms with Gasteiger partial charge in [0.05, 0.1) is 7.11 Å². The van der Waals surface area contributed by atoms with Crippen LogP contribution < -0.4 is 10.1 Å². The van der Waals surface area contributed by atoms with Gasteiger partial charge in [-0.05, 0) is 55.7 Å². The maximum atomic E-state index is 12.9. The van der Waals surface area contributed by atoms with Crippen LogP contribution in [0.25, 0.3) is 0 Å². The van der Waals surface area contributed by atoms with Crippen LogP contribution in [0, 0.1) is 0 Å². The highest BCUT2D eigenvalue weighted by Gasteiger charge is 2.47. The average Bonchev–Trinajstić information content (AvgIpc) is 3.04. The number of carbonyl (C=O) groups excluding carboxylic acids is 2. The molecule has 1 aliphatic rings. The molecular weight excluding hydrogens is 378 g/mol. The zero-order valence-corrected chi connectivity index (χ0v) is 17.8. The van der Waals surface area contributed by atoms with E-state index in [9.17, 15) is 9.59 Å². The summed E-state index contributed by atoms with van der Waals surface area (Å²) in [5.74, 6) is 0.160. The molecule has 1 aliphatic heterocycles. The first-order valence-electron chi connectivity index (χ1n) is 9.50. The summed E-state index contributed by atoms with van der Waals surface area (Å²) in [6.07, 6.45) is 10.1. The van der Waals surface area contributed by atoms with Crippen molar-refractivity contribution in [3.05, 3.63) is 102 Å². The van der Waals surface area contributed by atoms with Crippen LogP contribution in [-0.4, -0.2) is 19.2 Å². The number of nitrogens with one attached hydrogen (secondary N) is 1. The quantitative estimate of drug-likeness (QED) is 0.302. The van der Waals surface area contributed by atoms with Gasteiger partial charge in [-0.25, -0.2) is 4.79 Å². The SMILES string of the molecule is C=C/C=C1/C(=O)NC(/C(C)=C/C=C(/C)C=C)(c2ccc(OC(=O)OC)cc2)/C1=C/C. The number of ether oxygens (including phenoxy) is 2. The van der Waals surface area contributed by atoms with Gasteiger partial charge >= 0.3 is 6.16 Å². The highest BCUT2D eigenvalue weighted by Crippen LogP contribution is 2.45. The van der Waals surface area contributed by atoms with Gasteiger partial charge in [-0.2, -0.15) is 0 Å². The van der Waals surface area contributed by atoms with Crippen molar-refractivity contribution in [2.45, 2.75) is 26.3 Å². The highest BCUT2D eigenvalue weighted by molar-refractivity contribution is 6.04. The van der Waals surface area contributed by atoms with Gasteiger partial charge in [0, 0.05) is 5.57 Å². The monoisotopic (exact) mass is 405 g/mol. The zero-order chi connectivity index (χ0) is 22.3. The lowest BCUT2D eigenvalue weighted by Gasteiger charge is -2.33. The number of rotatable bonds is 6. The van der Waals surface area contributed by atoms with E-state index in [1.807, 2.05) is 51.1 Å². The normalized spacial score (nSPS) is 22.1. The van der Waals surface area contributed by atoms with Gasteiger partial charge < -0.3 is 14.8 Å². The first kappa shape index (κ1) is 22.7. The van der Waals surface area contributed by atoms with Crippen molar-refractivity contribution < 1.29 is 19.1 Å². The van der Waals surface area contributed by atoms with Crippen LogP contribution in [0.5, 0.6) is 5.75 Å². The molecule has 0 bridgehead atoms. The van der Waals surface area contributed by atoms with Gasteiger partial charge in [0.25, 0.3) is 5.91 Å². The van der Waals surface area contributed by atoms with Gasteiger partial charge in [-0.3, -0.25) is 4.79 Å². The summed E-state index contributed by atoms with van der Waals surface area (Å²) >= 11 is 0. The lowest BCUT2D eigenvalue weighted by molar-refractivity contribution is -0.117. The minimum Gasteiger partial charge on any atom is -0.437 e. The molecule has 0 radical (unpaired) electrons. The molecule has 0 saturated carbocycles. The number of hydrogen-bond acceptors (Lipinski definition) is 4. The fourth-order valence-electron chi connectivity index (χ4n) is 3.41. The van der Waals surface area contributed by atoms with Crippen LogP contribution in [0.2, 0.25) is 0 Å². The minimum absolute atomic E-state index is 0.185. The number of hydrogen-bond donors (Lipinski definition) is 1. The number of amides is 1. The first-order chi connectivity index (χ1) is 14.3. The van der Waals surface area contributed by atoms with E-state index in [1.165, 1.54) is 7.11 Å². The summed E-state index contributed by atoms with van der Waals surface area (Å²) in [6, 6.07) is 6.97.